The first-order chi connectivity index (χ1) is 23.0. The van der Waals surface area contributed by atoms with Crippen molar-refractivity contribution in [3.63, 3.8) is 0 Å². The molecule has 11 nitrogen and oxygen atoms in total. The second-order valence-electron chi connectivity index (χ2n) is 12.4. The molecule has 2 amide bonds. The smallest absolute Gasteiger partial charge is 0.262 e. The molecule has 48 heavy (non-hydrogen) atoms. The maximum Gasteiger partial charge on any atom is 0.262 e. The Labute approximate surface area is 284 Å². The zero-order valence-corrected chi connectivity index (χ0v) is 28.2. The minimum absolute atomic E-state index is 0.0605. The van der Waals surface area contributed by atoms with Gasteiger partial charge in [-0.05, 0) is 49.8 Å². The van der Waals surface area contributed by atoms with Crippen LogP contribution in [0.1, 0.15) is 46.4 Å². The Morgan fingerprint density at radius 1 is 0.958 bits per heavy atom. The van der Waals surface area contributed by atoms with Crippen LogP contribution in [0.15, 0.2) is 24.3 Å². The number of fused-ring (bicyclic) bond motifs is 10. The van der Waals surface area contributed by atoms with E-state index in [0.717, 1.165) is 24.7 Å². The lowest BCUT2D eigenvalue weighted by Gasteiger charge is -2.42. The summed E-state index contributed by atoms with van der Waals surface area (Å²) in [6.07, 6.45) is -6.68. The number of aromatic amines is 1. The lowest BCUT2D eigenvalue weighted by atomic mass is 9.96. The van der Waals surface area contributed by atoms with Crippen LogP contribution in [0.4, 0.5) is 4.39 Å². The van der Waals surface area contributed by atoms with Crippen molar-refractivity contribution in [1.82, 2.24) is 19.4 Å². The Kier molecular flexibility index (Phi) is 8.45. The van der Waals surface area contributed by atoms with Gasteiger partial charge in [0.2, 0.25) is 0 Å². The number of aromatic nitrogens is 2. The molecule has 0 spiro atoms. The summed E-state index contributed by atoms with van der Waals surface area (Å²) >= 11 is 13.5. The summed E-state index contributed by atoms with van der Waals surface area (Å²) in [4.78, 5) is 35.5. The van der Waals surface area contributed by atoms with Crippen LogP contribution in [-0.4, -0.2) is 111 Å². The summed E-state index contributed by atoms with van der Waals surface area (Å²) in [5.41, 5.74) is 2.35. The minimum Gasteiger partial charge on any atom is -0.394 e. The highest BCUT2D eigenvalue weighted by atomic mass is 35.5. The fourth-order valence-corrected chi connectivity index (χ4v) is 8.15. The highest BCUT2D eigenvalue weighted by molar-refractivity contribution is 6.43. The second kappa shape index (κ2) is 12.2. The summed E-state index contributed by atoms with van der Waals surface area (Å²) in [5.74, 6) is -1.74. The van der Waals surface area contributed by atoms with Gasteiger partial charge < -0.3 is 39.2 Å². The van der Waals surface area contributed by atoms with E-state index in [9.17, 15) is 24.9 Å². The van der Waals surface area contributed by atoms with Crippen LogP contribution in [0, 0.1) is 12.7 Å². The third-order valence-corrected chi connectivity index (χ3v) is 10.4. The van der Waals surface area contributed by atoms with E-state index in [2.05, 4.69) is 9.88 Å². The molecule has 4 heterocycles. The van der Waals surface area contributed by atoms with Crippen molar-refractivity contribution >= 4 is 78.6 Å². The number of hydrogen-bond acceptors (Lipinski definition) is 8. The van der Waals surface area contributed by atoms with E-state index in [0.29, 0.717) is 33.4 Å². The Morgan fingerprint density at radius 2 is 1.65 bits per heavy atom. The number of aliphatic hydroxyl groups excluding tert-OH is 3. The van der Waals surface area contributed by atoms with E-state index < -0.39 is 54.9 Å². The average Bonchev–Trinajstić information content (AvgIpc) is 3.67. The molecule has 2 aliphatic rings. The molecule has 14 heteroatoms. The van der Waals surface area contributed by atoms with Gasteiger partial charge in [0.25, 0.3) is 11.8 Å². The number of imide groups is 1. The molecular weight excluding hydrogens is 666 g/mol. The first-order valence-corrected chi connectivity index (χ1v) is 16.6. The fourth-order valence-electron chi connectivity index (χ4n) is 7.54. The summed E-state index contributed by atoms with van der Waals surface area (Å²) in [6, 6.07) is 5.94. The Balaban J connectivity index is 1.64. The van der Waals surface area contributed by atoms with Gasteiger partial charge in [-0.2, -0.15) is 0 Å². The molecule has 0 unspecified atom stereocenters. The van der Waals surface area contributed by atoms with Gasteiger partial charge in [0.05, 0.1) is 49.8 Å². The summed E-state index contributed by atoms with van der Waals surface area (Å²) in [5, 5.41) is 34.6. The topological polar surface area (TPSA) is 140 Å². The van der Waals surface area contributed by atoms with Crippen molar-refractivity contribution < 1.29 is 38.8 Å². The molecule has 1 saturated heterocycles. The number of halogens is 3. The molecule has 3 aromatic carbocycles. The quantitative estimate of drug-likeness (QED) is 0.170. The van der Waals surface area contributed by atoms with Crippen LogP contribution in [0.3, 0.4) is 0 Å². The van der Waals surface area contributed by atoms with Gasteiger partial charge in [0.1, 0.15) is 30.2 Å². The second-order valence-corrected chi connectivity index (χ2v) is 13.2. The number of ether oxygens (including phenoxy) is 2. The molecule has 0 aliphatic carbocycles. The Hall–Kier alpha value is -3.33. The third-order valence-electron chi connectivity index (χ3n) is 9.83. The number of aliphatic hydroxyl groups is 3. The van der Waals surface area contributed by atoms with Gasteiger partial charge in [0, 0.05) is 41.7 Å². The zero-order chi connectivity index (χ0) is 34.3. The molecule has 5 aromatic rings. The van der Waals surface area contributed by atoms with Crippen molar-refractivity contribution in [3.8, 4) is 0 Å². The highest BCUT2D eigenvalue weighted by Gasteiger charge is 2.48. The van der Waals surface area contributed by atoms with Crippen LogP contribution in [0.2, 0.25) is 10.0 Å². The van der Waals surface area contributed by atoms with Gasteiger partial charge in [0.15, 0.2) is 6.23 Å². The number of carbonyl (C=O) groups excluding carboxylic acids is 2. The molecule has 0 bridgehead atoms. The number of aryl methyl sites for hydroxylation is 1. The number of hydrogen-bond donors (Lipinski definition) is 4. The predicted octanol–water partition coefficient (Wildman–Crippen LogP) is 4.75. The number of rotatable bonds is 8. The number of amides is 2. The summed E-state index contributed by atoms with van der Waals surface area (Å²) in [7, 11) is 1.32. The van der Waals surface area contributed by atoms with Crippen LogP contribution >= 0.6 is 23.2 Å². The molecule has 254 valence electrons. The molecule has 7 rings (SSSR count). The number of carbonyl (C=O) groups is 2. The van der Waals surface area contributed by atoms with E-state index >= 15 is 4.39 Å². The van der Waals surface area contributed by atoms with Crippen LogP contribution in [0.5, 0.6) is 0 Å². The lowest BCUT2D eigenvalue weighted by molar-refractivity contribution is -0.255. The van der Waals surface area contributed by atoms with Crippen LogP contribution in [0.25, 0.3) is 43.6 Å². The molecule has 2 aliphatic heterocycles. The monoisotopic (exact) mass is 700 g/mol. The third kappa shape index (κ3) is 4.69. The number of likely N-dealkylation sites (N-methyl/N-ethyl adjacent to an activating group) is 1. The Morgan fingerprint density at radius 3 is 2.29 bits per heavy atom. The maximum atomic E-state index is 15.2. The van der Waals surface area contributed by atoms with Crippen molar-refractivity contribution in [2.24, 2.45) is 0 Å². The first kappa shape index (κ1) is 33.2. The van der Waals surface area contributed by atoms with Gasteiger partial charge in [-0.15, -0.1) is 0 Å². The van der Waals surface area contributed by atoms with Crippen LogP contribution in [-0.2, 0) is 9.47 Å². The van der Waals surface area contributed by atoms with Gasteiger partial charge in [-0.3, -0.25) is 14.5 Å². The number of benzene rings is 3. The van der Waals surface area contributed by atoms with Crippen molar-refractivity contribution in [2.45, 2.75) is 51.4 Å². The summed E-state index contributed by atoms with van der Waals surface area (Å²) < 4.78 is 28.3. The van der Waals surface area contributed by atoms with Crippen molar-refractivity contribution in [1.29, 1.82) is 0 Å². The first-order valence-electron chi connectivity index (χ1n) is 15.8. The molecule has 2 aromatic heterocycles. The molecule has 5 atom stereocenters. The van der Waals surface area contributed by atoms with Crippen LogP contribution < -0.4 is 0 Å². The van der Waals surface area contributed by atoms with E-state index in [-0.39, 0.29) is 44.5 Å². The van der Waals surface area contributed by atoms with E-state index in [1.807, 2.05) is 26.8 Å². The predicted molar refractivity (Wildman–Crippen MR) is 180 cm³/mol. The van der Waals surface area contributed by atoms with Gasteiger partial charge >= 0.3 is 0 Å². The largest absolute Gasteiger partial charge is 0.394 e. The highest BCUT2D eigenvalue weighted by Crippen LogP contribution is 2.49. The molecule has 0 saturated carbocycles. The molecular formula is C34H35Cl2FN4O7. The Bertz CT molecular complexity index is 2140. The van der Waals surface area contributed by atoms with Crippen molar-refractivity contribution in [3.05, 3.63) is 56.8 Å². The maximum absolute atomic E-state index is 15.2. The van der Waals surface area contributed by atoms with E-state index in [1.165, 1.54) is 22.6 Å². The standard InChI is InChI=1S/C34H35Cl2FN4O7/c1-5-39(6-2)7-8-40-32(45)23-21-16-9-14(3)10-18(35)25(16)38-26(21)28-22(24(23)33(40)46)17-11-15(37)12-19(36)27(17)41(28)34-30(44)29(43)31(47-4)20(13-42)48-34/h9-12,20,29-31,34,38,42-44H,5-8,13H2,1-4H3/t20-,29-,30-,31-,34-/m1/s1. The van der Waals surface area contributed by atoms with Crippen molar-refractivity contribution in [2.75, 3.05) is 39.9 Å². The molecule has 1 fully saturated rings. The van der Waals surface area contributed by atoms with E-state index in [1.54, 1.807) is 6.07 Å². The van der Waals surface area contributed by atoms with Gasteiger partial charge in [-0.1, -0.05) is 37.0 Å². The molecule has 0 radical (unpaired) electrons. The van der Waals surface area contributed by atoms with E-state index in [4.69, 9.17) is 32.7 Å². The SMILES string of the molecule is CCN(CC)CCN1C(=O)c2c(c3c4cc(F)cc(Cl)c4n([C@@H]4O[C@H](CO)[C@@H](OC)[C@H](O)[C@H]4O)c3c3[nH]c4c(Cl)cc(C)cc4c23)C1=O. The molecule has 4 N–H and O–H groups in total. The average molecular weight is 702 g/mol. The number of methoxy groups -OCH3 is 1. The number of nitrogens with one attached hydrogen (secondary N) is 1. The zero-order valence-electron chi connectivity index (χ0n) is 26.7. The van der Waals surface area contributed by atoms with Gasteiger partial charge in [-0.25, -0.2) is 4.39 Å². The minimum atomic E-state index is -1.63. The number of nitrogens with zero attached hydrogens (tertiary/aromatic N) is 3. The fraction of sp³-hybridized carbons (Fsp3) is 0.412. The normalized spacial score (nSPS) is 23.2. The number of H-pyrrole nitrogens is 1. The summed E-state index contributed by atoms with van der Waals surface area (Å²) in [6.45, 7) is 7.34. The lowest BCUT2D eigenvalue weighted by Crippen LogP contribution is -2.57.